The summed E-state index contributed by atoms with van der Waals surface area (Å²) in [5.41, 5.74) is 1.26. The number of benzene rings is 1. The van der Waals surface area contributed by atoms with E-state index in [1.54, 1.807) is 7.11 Å². The minimum absolute atomic E-state index is 0.288. The van der Waals surface area contributed by atoms with Gasteiger partial charge in [0.05, 0.1) is 7.11 Å². The highest BCUT2D eigenvalue weighted by Gasteiger charge is 2.19. The fourth-order valence-electron chi connectivity index (χ4n) is 4.48. The summed E-state index contributed by atoms with van der Waals surface area (Å²) >= 11 is 0. The van der Waals surface area contributed by atoms with Gasteiger partial charge in [-0.15, -0.1) is 0 Å². The van der Waals surface area contributed by atoms with Gasteiger partial charge in [0.15, 0.2) is 11.5 Å². The molecule has 3 rings (SSSR count). The molecule has 2 aliphatic heterocycles. The van der Waals surface area contributed by atoms with Crippen LogP contribution in [-0.4, -0.2) is 92.0 Å². The molecule has 0 aliphatic carbocycles. The van der Waals surface area contributed by atoms with Crippen LogP contribution in [0.1, 0.15) is 44.6 Å². The van der Waals surface area contributed by atoms with Crippen molar-refractivity contribution in [1.82, 2.24) is 14.7 Å². The van der Waals surface area contributed by atoms with Gasteiger partial charge in [0.25, 0.3) is 0 Å². The summed E-state index contributed by atoms with van der Waals surface area (Å²) in [4.78, 5) is 7.32. The van der Waals surface area contributed by atoms with Crippen molar-refractivity contribution in [1.29, 1.82) is 0 Å². The minimum atomic E-state index is -0.497. The molecule has 0 saturated carbocycles. The second-order valence-electron chi connectivity index (χ2n) is 8.73. The molecule has 1 aromatic carbocycles. The van der Waals surface area contributed by atoms with Gasteiger partial charge in [0.2, 0.25) is 0 Å². The third kappa shape index (κ3) is 7.41. The molecular formula is C24H41N3O3. The van der Waals surface area contributed by atoms with E-state index >= 15 is 0 Å². The first-order valence-corrected chi connectivity index (χ1v) is 11.8. The maximum atomic E-state index is 10.4. The number of likely N-dealkylation sites (N-methyl/N-ethyl adjacent to an activating group) is 1. The number of methoxy groups -OCH3 is 1. The van der Waals surface area contributed by atoms with Crippen LogP contribution >= 0.6 is 0 Å². The molecule has 170 valence electrons. The van der Waals surface area contributed by atoms with Gasteiger partial charge in [-0.05, 0) is 50.2 Å². The van der Waals surface area contributed by atoms with Crippen molar-refractivity contribution in [3.63, 3.8) is 0 Å². The zero-order chi connectivity index (χ0) is 21.2. The number of likely N-dealkylation sites (tertiary alicyclic amines) is 1. The van der Waals surface area contributed by atoms with E-state index in [-0.39, 0.29) is 6.61 Å². The Bertz CT molecular complexity index is 612. The van der Waals surface area contributed by atoms with Gasteiger partial charge in [-0.3, -0.25) is 9.80 Å². The highest BCUT2D eigenvalue weighted by molar-refractivity contribution is 5.43. The molecule has 2 saturated heterocycles. The summed E-state index contributed by atoms with van der Waals surface area (Å²) in [7, 11) is 1.69. The van der Waals surface area contributed by atoms with Gasteiger partial charge < -0.3 is 19.5 Å². The highest BCUT2D eigenvalue weighted by atomic mass is 16.5. The topological polar surface area (TPSA) is 48.4 Å². The number of nitrogens with zero attached hydrogens (tertiary/aromatic N) is 3. The van der Waals surface area contributed by atoms with Crippen LogP contribution in [0.15, 0.2) is 18.2 Å². The van der Waals surface area contributed by atoms with Gasteiger partial charge >= 0.3 is 0 Å². The van der Waals surface area contributed by atoms with E-state index in [1.165, 1.54) is 50.8 Å². The number of hydrogen-bond donors (Lipinski definition) is 1. The molecular weight excluding hydrogens is 378 g/mol. The first-order chi connectivity index (χ1) is 14.7. The van der Waals surface area contributed by atoms with Crippen molar-refractivity contribution in [2.45, 2.75) is 51.7 Å². The van der Waals surface area contributed by atoms with Gasteiger partial charge in [-0.2, -0.15) is 0 Å². The number of aliphatic hydroxyl groups excluding tert-OH is 1. The van der Waals surface area contributed by atoms with Crippen LogP contribution < -0.4 is 9.47 Å². The molecule has 30 heavy (non-hydrogen) atoms. The van der Waals surface area contributed by atoms with Crippen LogP contribution in [0.4, 0.5) is 0 Å². The lowest BCUT2D eigenvalue weighted by molar-refractivity contribution is 0.0464. The van der Waals surface area contributed by atoms with E-state index in [4.69, 9.17) is 9.47 Å². The number of hydrogen-bond acceptors (Lipinski definition) is 6. The van der Waals surface area contributed by atoms with Crippen molar-refractivity contribution >= 4 is 0 Å². The number of piperazine rings is 1. The number of aliphatic hydroxyl groups is 1. The van der Waals surface area contributed by atoms with Gasteiger partial charge in [0, 0.05) is 39.3 Å². The molecule has 1 atom stereocenters. The van der Waals surface area contributed by atoms with Gasteiger partial charge in [-0.25, -0.2) is 0 Å². The predicted molar refractivity (Wildman–Crippen MR) is 121 cm³/mol. The quantitative estimate of drug-likeness (QED) is 0.664. The first kappa shape index (κ1) is 23.3. The third-order valence-electron chi connectivity index (χ3n) is 6.40. The van der Waals surface area contributed by atoms with Crippen LogP contribution in [0.25, 0.3) is 0 Å². The van der Waals surface area contributed by atoms with Crippen LogP contribution in [0, 0.1) is 0 Å². The molecule has 0 radical (unpaired) electrons. The Hall–Kier alpha value is -1.34. The lowest BCUT2D eigenvalue weighted by Crippen LogP contribution is -2.49. The van der Waals surface area contributed by atoms with E-state index in [0.29, 0.717) is 12.3 Å². The standard InChI is InChI=1S/C24H41N3O3/c1-3-25-13-15-27(16-14-25)19-22(28)20-30-23-10-9-21(17-24(23)29-2)18-26-11-7-5-4-6-8-12-26/h9-10,17,22,28H,3-8,11-16,18-20H2,1-2H3. The molecule has 2 aliphatic rings. The zero-order valence-electron chi connectivity index (χ0n) is 19.0. The Morgan fingerprint density at radius 2 is 1.53 bits per heavy atom. The van der Waals surface area contributed by atoms with E-state index in [1.807, 2.05) is 6.07 Å². The van der Waals surface area contributed by atoms with Crippen LogP contribution in [0.2, 0.25) is 0 Å². The molecule has 1 aromatic rings. The SMILES string of the molecule is CCN1CCN(CC(O)COc2ccc(CN3CCCCCCC3)cc2OC)CC1. The lowest BCUT2D eigenvalue weighted by Gasteiger charge is -2.34. The van der Waals surface area contributed by atoms with E-state index in [2.05, 4.69) is 33.8 Å². The van der Waals surface area contributed by atoms with Gasteiger partial charge in [-0.1, -0.05) is 32.3 Å². The summed E-state index contributed by atoms with van der Waals surface area (Å²) in [6.45, 7) is 11.8. The third-order valence-corrected chi connectivity index (χ3v) is 6.40. The maximum Gasteiger partial charge on any atom is 0.161 e. The van der Waals surface area contributed by atoms with Gasteiger partial charge in [0.1, 0.15) is 12.7 Å². The number of ether oxygens (including phenoxy) is 2. The normalized spacial score (nSPS) is 21.0. The van der Waals surface area contributed by atoms with E-state index < -0.39 is 6.10 Å². The smallest absolute Gasteiger partial charge is 0.161 e. The zero-order valence-corrected chi connectivity index (χ0v) is 19.0. The van der Waals surface area contributed by atoms with Crippen LogP contribution in [0.5, 0.6) is 11.5 Å². The Labute approximate surface area is 182 Å². The van der Waals surface area contributed by atoms with Crippen molar-refractivity contribution in [3.8, 4) is 11.5 Å². The van der Waals surface area contributed by atoms with E-state index in [9.17, 15) is 5.11 Å². The average Bonchev–Trinajstić information content (AvgIpc) is 2.75. The average molecular weight is 420 g/mol. The Kier molecular flexibility index (Phi) is 9.72. The molecule has 1 N–H and O–H groups in total. The van der Waals surface area contributed by atoms with Crippen LogP contribution in [0.3, 0.4) is 0 Å². The minimum Gasteiger partial charge on any atom is -0.493 e. The predicted octanol–water partition coefficient (Wildman–Crippen LogP) is 2.84. The second-order valence-corrected chi connectivity index (χ2v) is 8.73. The van der Waals surface area contributed by atoms with Crippen molar-refractivity contribution in [3.05, 3.63) is 23.8 Å². The monoisotopic (exact) mass is 419 g/mol. The Morgan fingerprint density at radius 3 is 2.20 bits per heavy atom. The summed E-state index contributed by atoms with van der Waals surface area (Å²) in [5, 5.41) is 10.4. The first-order valence-electron chi connectivity index (χ1n) is 11.8. The molecule has 0 aromatic heterocycles. The lowest BCUT2D eigenvalue weighted by atomic mass is 10.1. The summed E-state index contributed by atoms with van der Waals surface area (Å²) in [6.07, 6.45) is 6.18. The summed E-state index contributed by atoms with van der Waals surface area (Å²) in [5.74, 6) is 1.46. The Balaban J connectivity index is 1.47. The molecule has 1 unspecified atom stereocenters. The summed E-state index contributed by atoms with van der Waals surface area (Å²) < 4.78 is 11.5. The maximum absolute atomic E-state index is 10.4. The molecule has 6 nitrogen and oxygen atoms in total. The highest BCUT2D eigenvalue weighted by Crippen LogP contribution is 2.29. The molecule has 6 heteroatoms. The molecule has 0 bridgehead atoms. The largest absolute Gasteiger partial charge is 0.493 e. The van der Waals surface area contributed by atoms with Crippen LogP contribution in [-0.2, 0) is 6.54 Å². The molecule has 2 fully saturated rings. The number of β-amino-alcohol motifs (C(OH)–C–C–N with tert-alkyl or cyclic N) is 1. The summed E-state index contributed by atoms with van der Waals surface area (Å²) in [6, 6.07) is 6.21. The number of rotatable bonds is 9. The second kappa shape index (κ2) is 12.5. The molecule has 0 spiro atoms. The fourth-order valence-corrected chi connectivity index (χ4v) is 4.48. The Morgan fingerprint density at radius 1 is 0.867 bits per heavy atom. The van der Waals surface area contributed by atoms with Crippen molar-refractivity contribution in [2.24, 2.45) is 0 Å². The van der Waals surface area contributed by atoms with Crippen molar-refractivity contribution < 1.29 is 14.6 Å². The fraction of sp³-hybridized carbons (Fsp3) is 0.750. The molecule has 0 amide bonds. The van der Waals surface area contributed by atoms with Crippen molar-refractivity contribution in [2.75, 3.05) is 66.1 Å². The van der Waals surface area contributed by atoms with E-state index in [0.717, 1.165) is 45.0 Å². The molecule has 2 heterocycles.